The van der Waals surface area contributed by atoms with E-state index >= 15 is 0 Å². The molecule has 1 rings (SSSR count). The molecule has 0 spiro atoms. The van der Waals surface area contributed by atoms with Gasteiger partial charge in [0.1, 0.15) is 6.04 Å². The number of hydrogen-bond donors (Lipinski definition) is 2. The summed E-state index contributed by atoms with van der Waals surface area (Å²) in [4.78, 5) is 23.0. The minimum atomic E-state index is -0.978. The maximum atomic E-state index is 11.9. The van der Waals surface area contributed by atoms with Crippen LogP contribution in [0.4, 0.5) is 0 Å². The van der Waals surface area contributed by atoms with Crippen molar-refractivity contribution in [3.05, 3.63) is 35.4 Å². The molecule has 0 saturated heterocycles. The van der Waals surface area contributed by atoms with Crippen molar-refractivity contribution < 1.29 is 14.7 Å². The Balaban J connectivity index is 2.58. The number of aliphatic carboxylic acids is 1. The Morgan fingerprint density at radius 1 is 1.15 bits per heavy atom. The molecule has 0 aromatic heterocycles. The summed E-state index contributed by atoms with van der Waals surface area (Å²) in [7, 11) is 0. The van der Waals surface area contributed by atoms with Gasteiger partial charge in [-0.15, -0.1) is 0 Å². The maximum absolute atomic E-state index is 11.9. The number of carboxylic acid groups (broad SMARTS) is 1. The van der Waals surface area contributed by atoms with Crippen LogP contribution in [0.2, 0.25) is 0 Å². The second-order valence-electron chi connectivity index (χ2n) is 5.43. The molecule has 0 aliphatic carbocycles. The van der Waals surface area contributed by atoms with Crippen LogP contribution in [0.3, 0.4) is 0 Å². The van der Waals surface area contributed by atoms with Crippen molar-refractivity contribution in [2.75, 3.05) is 0 Å². The Morgan fingerprint density at radius 3 is 2.15 bits per heavy atom. The van der Waals surface area contributed by atoms with Gasteiger partial charge in [-0.2, -0.15) is 0 Å². The topological polar surface area (TPSA) is 66.4 Å². The minimum Gasteiger partial charge on any atom is -0.480 e. The van der Waals surface area contributed by atoms with E-state index in [0.29, 0.717) is 6.42 Å². The third-order valence-electron chi connectivity index (χ3n) is 3.14. The Bertz CT molecular complexity index is 451. The number of carbonyl (C=O) groups is 2. The summed E-state index contributed by atoms with van der Waals surface area (Å²) in [5.41, 5.74) is 2.12. The summed E-state index contributed by atoms with van der Waals surface area (Å²) in [5.74, 6) is -1.00. The lowest BCUT2D eigenvalue weighted by atomic mass is 10.0. The van der Waals surface area contributed by atoms with Crippen LogP contribution in [-0.2, 0) is 22.4 Å². The van der Waals surface area contributed by atoms with Gasteiger partial charge >= 0.3 is 5.97 Å². The molecule has 1 atom stereocenters. The molecule has 2 N–H and O–H groups in total. The van der Waals surface area contributed by atoms with Gasteiger partial charge in [0.05, 0.1) is 6.42 Å². The van der Waals surface area contributed by atoms with E-state index in [1.165, 1.54) is 5.56 Å². The highest BCUT2D eigenvalue weighted by Crippen LogP contribution is 2.08. The smallest absolute Gasteiger partial charge is 0.326 e. The molecule has 0 aliphatic rings. The molecule has 1 amide bonds. The average Bonchev–Trinajstić information content (AvgIpc) is 2.38. The molecule has 0 fully saturated rings. The van der Waals surface area contributed by atoms with Gasteiger partial charge in [-0.3, -0.25) is 4.79 Å². The number of aryl methyl sites for hydroxylation is 1. The van der Waals surface area contributed by atoms with E-state index in [-0.39, 0.29) is 18.2 Å². The molecule has 0 saturated carbocycles. The van der Waals surface area contributed by atoms with Crippen molar-refractivity contribution in [2.45, 2.75) is 46.1 Å². The molecule has 0 heterocycles. The predicted octanol–water partition coefficient (Wildman–Crippen LogP) is 2.41. The highest BCUT2D eigenvalue weighted by atomic mass is 16.4. The quantitative estimate of drug-likeness (QED) is 0.804. The first-order chi connectivity index (χ1) is 9.42. The first kappa shape index (κ1) is 16.2. The number of amides is 1. The Hall–Kier alpha value is -1.84. The average molecular weight is 277 g/mol. The first-order valence-corrected chi connectivity index (χ1v) is 7.02. The molecule has 0 bridgehead atoms. The van der Waals surface area contributed by atoms with Gasteiger partial charge in [0.25, 0.3) is 0 Å². The second kappa shape index (κ2) is 7.68. The van der Waals surface area contributed by atoms with Gasteiger partial charge in [0.2, 0.25) is 5.91 Å². The van der Waals surface area contributed by atoms with Crippen molar-refractivity contribution in [1.29, 1.82) is 0 Å². The molecule has 4 nitrogen and oxygen atoms in total. The molecule has 0 aliphatic heterocycles. The molecular formula is C16H23NO3. The summed E-state index contributed by atoms with van der Waals surface area (Å²) in [6.45, 7) is 5.95. The zero-order valence-corrected chi connectivity index (χ0v) is 12.3. The molecule has 20 heavy (non-hydrogen) atoms. The number of rotatable bonds is 7. The van der Waals surface area contributed by atoms with Crippen LogP contribution in [0.15, 0.2) is 24.3 Å². The van der Waals surface area contributed by atoms with Gasteiger partial charge in [0.15, 0.2) is 0 Å². The second-order valence-corrected chi connectivity index (χ2v) is 5.43. The lowest BCUT2D eigenvalue weighted by molar-refractivity contribution is -0.142. The first-order valence-electron chi connectivity index (χ1n) is 7.02. The van der Waals surface area contributed by atoms with Crippen LogP contribution in [0.25, 0.3) is 0 Å². The molecule has 1 unspecified atom stereocenters. The van der Waals surface area contributed by atoms with E-state index in [2.05, 4.69) is 12.2 Å². The van der Waals surface area contributed by atoms with Crippen LogP contribution in [0.5, 0.6) is 0 Å². The highest BCUT2D eigenvalue weighted by Gasteiger charge is 2.20. The summed E-state index contributed by atoms with van der Waals surface area (Å²) in [5, 5.41) is 11.7. The van der Waals surface area contributed by atoms with E-state index < -0.39 is 12.0 Å². The zero-order chi connectivity index (χ0) is 15.1. The lowest BCUT2D eigenvalue weighted by Gasteiger charge is -2.16. The molecule has 0 radical (unpaired) electrons. The maximum Gasteiger partial charge on any atom is 0.326 e. The van der Waals surface area contributed by atoms with Crippen LogP contribution < -0.4 is 5.32 Å². The number of benzene rings is 1. The van der Waals surface area contributed by atoms with E-state index in [4.69, 9.17) is 5.11 Å². The summed E-state index contributed by atoms with van der Waals surface area (Å²) in [6, 6.07) is 7.00. The van der Waals surface area contributed by atoms with E-state index in [9.17, 15) is 9.59 Å². The van der Waals surface area contributed by atoms with Crippen molar-refractivity contribution in [1.82, 2.24) is 5.32 Å². The van der Waals surface area contributed by atoms with Crippen molar-refractivity contribution in [2.24, 2.45) is 5.92 Å². The van der Waals surface area contributed by atoms with Gasteiger partial charge in [-0.1, -0.05) is 45.0 Å². The molecule has 110 valence electrons. The summed E-state index contributed by atoms with van der Waals surface area (Å²) in [6.07, 6.45) is 1.61. The van der Waals surface area contributed by atoms with Crippen LogP contribution in [0, 0.1) is 5.92 Å². The van der Waals surface area contributed by atoms with E-state index in [1.54, 1.807) is 0 Å². The fourth-order valence-corrected chi connectivity index (χ4v) is 2.02. The third kappa shape index (κ3) is 5.43. The Kier molecular flexibility index (Phi) is 6.22. The predicted molar refractivity (Wildman–Crippen MR) is 78.5 cm³/mol. The van der Waals surface area contributed by atoms with Crippen LogP contribution in [-0.4, -0.2) is 23.0 Å². The number of carbonyl (C=O) groups excluding carboxylic acids is 1. The molecule has 1 aromatic rings. The van der Waals surface area contributed by atoms with Crippen molar-refractivity contribution >= 4 is 11.9 Å². The standard InChI is InChI=1S/C16H23NO3/c1-4-12-5-7-13(8-6-12)10-15(18)17-14(16(19)20)9-11(2)3/h5-8,11,14H,4,9-10H2,1-3H3,(H,17,18)(H,19,20). The lowest BCUT2D eigenvalue weighted by Crippen LogP contribution is -2.42. The minimum absolute atomic E-state index is 0.214. The Labute approximate surface area is 120 Å². The molecular weight excluding hydrogens is 254 g/mol. The van der Waals surface area contributed by atoms with E-state index in [1.807, 2.05) is 38.1 Å². The fourth-order valence-electron chi connectivity index (χ4n) is 2.02. The SMILES string of the molecule is CCc1ccc(CC(=O)NC(CC(C)C)C(=O)O)cc1. The summed E-state index contributed by atoms with van der Waals surface area (Å²) < 4.78 is 0. The van der Waals surface area contributed by atoms with Crippen molar-refractivity contribution in [3.8, 4) is 0 Å². The van der Waals surface area contributed by atoms with Crippen LogP contribution >= 0.6 is 0 Å². The van der Waals surface area contributed by atoms with Gasteiger partial charge in [0, 0.05) is 0 Å². The fraction of sp³-hybridized carbons (Fsp3) is 0.500. The molecule has 1 aromatic carbocycles. The van der Waals surface area contributed by atoms with Crippen LogP contribution in [0.1, 0.15) is 38.3 Å². The third-order valence-corrected chi connectivity index (χ3v) is 3.14. The number of carboxylic acids is 1. The summed E-state index contributed by atoms with van der Waals surface area (Å²) >= 11 is 0. The van der Waals surface area contributed by atoms with Crippen molar-refractivity contribution in [3.63, 3.8) is 0 Å². The molecule has 4 heteroatoms. The number of hydrogen-bond acceptors (Lipinski definition) is 2. The van der Waals surface area contributed by atoms with Gasteiger partial charge < -0.3 is 10.4 Å². The normalized spacial score (nSPS) is 12.2. The Morgan fingerprint density at radius 2 is 1.70 bits per heavy atom. The van der Waals surface area contributed by atoms with Gasteiger partial charge in [-0.25, -0.2) is 4.79 Å². The highest BCUT2D eigenvalue weighted by molar-refractivity contribution is 5.84. The van der Waals surface area contributed by atoms with E-state index in [0.717, 1.165) is 12.0 Å². The number of nitrogens with one attached hydrogen (secondary N) is 1. The monoisotopic (exact) mass is 277 g/mol. The zero-order valence-electron chi connectivity index (χ0n) is 12.3. The largest absolute Gasteiger partial charge is 0.480 e. The van der Waals surface area contributed by atoms with Gasteiger partial charge in [-0.05, 0) is 29.9 Å².